The molecule has 1 aromatic rings. The largest absolute Gasteiger partial charge is 0.370 e. The number of hydrogen-bond acceptors (Lipinski definition) is 2. The lowest BCUT2D eigenvalue weighted by molar-refractivity contribution is -0.0928. The first-order chi connectivity index (χ1) is 9.23. The molecule has 2 atom stereocenters. The molecule has 3 heteroatoms. The van der Waals surface area contributed by atoms with Crippen molar-refractivity contribution >= 4 is 0 Å². The Morgan fingerprint density at radius 3 is 3.21 bits per heavy atom. The Morgan fingerprint density at radius 1 is 1.47 bits per heavy atom. The first-order valence-corrected chi connectivity index (χ1v) is 7.40. The van der Waals surface area contributed by atoms with E-state index in [2.05, 4.69) is 12.2 Å². The molecule has 1 N–H and O–H groups in total. The predicted octanol–water partition coefficient (Wildman–Crippen LogP) is 3.15. The van der Waals surface area contributed by atoms with Crippen molar-refractivity contribution in [3.05, 3.63) is 35.1 Å². The van der Waals surface area contributed by atoms with Crippen LogP contribution in [0.4, 0.5) is 4.39 Å². The van der Waals surface area contributed by atoms with Crippen LogP contribution >= 0.6 is 0 Å². The Morgan fingerprint density at radius 2 is 2.37 bits per heavy atom. The zero-order valence-electron chi connectivity index (χ0n) is 11.5. The molecule has 0 aromatic heterocycles. The van der Waals surface area contributed by atoms with E-state index in [9.17, 15) is 4.39 Å². The molecule has 1 fully saturated rings. The molecule has 1 saturated heterocycles. The third-order valence-electron chi connectivity index (χ3n) is 4.46. The number of benzene rings is 1. The molecule has 2 unspecified atom stereocenters. The molecule has 1 spiro atoms. The molecule has 2 nitrogen and oxygen atoms in total. The summed E-state index contributed by atoms with van der Waals surface area (Å²) in [5.74, 6) is -0.132. The second-order valence-electron chi connectivity index (χ2n) is 5.79. The third kappa shape index (κ3) is 2.41. The van der Waals surface area contributed by atoms with Crippen LogP contribution in [0.15, 0.2) is 18.2 Å². The highest BCUT2D eigenvalue weighted by Gasteiger charge is 2.43. The second-order valence-corrected chi connectivity index (χ2v) is 5.79. The van der Waals surface area contributed by atoms with Gasteiger partial charge in [-0.2, -0.15) is 0 Å². The van der Waals surface area contributed by atoms with Crippen molar-refractivity contribution in [2.45, 2.75) is 50.7 Å². The molecule has 0 amide bonds. The van der Waals surface area contributed by atoms with Crippen molar-refractivity contribution in [2.75, 3.05) is 13.2 Å². The van der Waals surface area contributed by atoms with E-state index in [1.54, 1.807) is 12.1 Å². The Bertz CT molecular complexity index is 462. The van der Waals surface area contributed by atoms with Crippen LogP contribution in [-0.2, 0) is 16.8 Å². The van der Waals surface area contributed by atoms with Gasteiger partial charge in [-0.25, -0.2) is 4.39 Å². The molecular formula is C16H22FNO. The van der Waals surface area contributed by atoms with Crippen LogP contribution < -0.4 is 5.32 Å². The van der Waals surface area contributed by atoms with Crippen LogP contribution in [-0.4, -0.2) is 19.2 Å². The molecule has 0 saturated carbocycles. The zero-order valence-corrected chi connectivity index (χ0v) is 11.5. The van der Waals surface area contributed by atoms with Crippen molar-refractivity contribution in [2.24, 2.45) is 0 Å². The SMILES string of the molecule is CCCNC1CCOC2(CCc3cc(F)ccc32)C1. The fourth-order valence-electron chi connectivity index (χ4n) is 3.53. The fourth-order valence-corrected chi connectivity index (χ4v) is 3.53. The van der Waals surface area contributed by atoms with Gasteiger partial charge in [0.25, 0.3) is 0 Å². The van der Waals surface area contributed by atoms with E-state index in [4.69, 9.17) is 4.74 Å². The van der Waals surface area contributed by atoms with Gasteiger partial charge in [0.05, 0.1) is 5.60 Å². The maximum atomic E-state index is 13.3. The average molecular weight is 263 g/mol. The molecule has 1 aromatic carbocycles. The van der Waals surface area contributed by atoms with E-state index in [0.29, 0.717) is 6.04 Å². The van der Waals surface area contributed by atoms with Crippen molar-refractivity contribution in [3.63, 3.8) is 0 Å². The van der Waals surface area contributed by atoms with E-state index in [0.717, 1.165) is 50.8 Å². The molecular weight excluding hydrogens is 241 g/mol. The van der Waals surface area contributed by atoms with E-state index < -0.39 is 0 Å². The summed E-state index contributed by atoms with van der Waals surface area (Å²) in [6.45, 7) is 4.06. The molecule has 1 aliphatic carbocycles. The molecule has 2 aliphatic rings. The maximum absolute atomic E-state index is 13.3. The smallest absolute Gasteiger partial charge is 0.123 e. The van der Waals surface area contributed by atoms with Gasteiger partial charge in [0.15, 0.2) is 0 Å². The van der Waals surface area contributed by atoms with Crippen molar-refractivity contribution in [3.8, 4) is 0 Å². The van der Waals surface area contributed by atoms with Crippen LogP contribution in [0.1, 0.15) is 43.7 Å². The summed E-state index contributed by atoms with van der Waals surface area (Å²) in [7, 11) is 0. The highest BCUT2D eigenvalue weighted by atomic mass is 19.1. The van der Waals surface area contributed by atoms with Crippen molar-refractivity contribution in [1.82, 2.24) is 5.32 Å². The fraction of sp³-hybridized carbons (Fsp3) is 0.625. The van der Waals surface area contributed by atoms with Gasteiger partial charge < -0.3 is 10.1 Å². The lowest BCUT2D eigenvalue weighted by Gasteiger charge is -2.39. The van der Waals surface area contributed by atoms with E-state index >= 15 is 0 Å². The van der Waals surface area contributed by atoms with Gasteiger partial charge >= 0.3 is 0 Å². The molecule has 1 aliphatic heterocycles. The van der Waals surface area contributed by atoms with Gasteiger partial charge in [-0.15, -0.1) is 0 Å². The summed E-state index contributed by atoms with van der Waals surface area (Å²) >= 11 is 0. The first kappa shape index (κ1) is 13.1. The molecule has 0 radical (unpaired) electrons. The summed E-state index contributed by atoms with van der Waals surface area (Å²) in [5.41, 5.74) is 2.19. The first-order valence-electron chi connectivity index (χ1n) is 7.40. The molecule has 1 heterocycles. The number of fused-ring (bicyclic) bond motifs is 2. The Kier molecular flexibility index (Phi) is 3.59. The zero-order chi connectivity index (χ0) is 13.3. The van der Waals surface area contributed by atoms with E-state index in [1.165, 1.54) is 5.56 Å². The lowest BCUT2D eigenvalue weighted by Crippen LogP contribution is -2.44. The number of aryl methyl sites for hydroxylation is 1. The maximum Gasteiger partial charge on any atom is 0.123 e. The average Bonchev–Trinajstić information content (AvgIpc) is 2.75. The minimum atomic E-state index is -0.160. The van der Waals surface area contributed by atoms with Gasteiger partial charge in [-0.05, 0) is 61.9 Å². The summed E-state index contributed by atoms with van der Waals surface area (Å²) in [6.07, 6.45) is 5.19. The Hall–Kier alpha value is -0.930. The minimum Gasteiger partial charge on any atom is -0.370 e. The van der Waals surface area contributed by atoms with Gasteiger partial charge in [0.1, 0.15) is 5.82 Å². The molecule has 0 bridgehead atoms. The van der Waals surface area contributed by atoms with Crippen LogP contribution in [0.3, 0.4) is 0 Å². The van der Waals surface area contributed by atoms with E-state index in [-0.39, 0.29) is 11.4 Å². The van der Waals surface area contributed by atoms with Gasteiger partial charge in [-0.1, -0.05) is 13.0 Å². The van der Waals surface area contributed by atoms with Gasteiger partial charge in [-0.3, -0.25) is 0 Å². The minimum absolute atomic E-state index is 0.132. The van der Waals surface area contributed by atoms with E-state index in [1.807, 2.05) is 6.07 Å². The Balaban J connectivity index is 1.81. The second kappa shape index (κ2) is 5.22. The summed E-state index contributed by atoms with van der Waals surface area (Å²) in [6, 6.07) is 5.71. The quantitative estimate of drug-likeness (QED) is 0.904. The van der Waals surface area contributed by atoms with Gasteiger partial charge in [0.2, 0.25) is 0 Å². The highest BCUT2D eigenvalue weighted by Crippen LogP contribution is 2.45. The summed E-state index contributed by atoms with van der Waals surface area (Å²) < 4.78 is 19.4. The summed E-state index contributed by atoms with van der Waals surface area (Å²) in [4.78, 5) is 0. The summed E-state index contributed by atoms with van der Waals surface area (Å²) in [5, 5.41) is 3.61. The van der Waals surface area contributed by atoms with Crippen molar-refractivity contribution in [1.29, 1.82) is 0 Å². The monoisotopic (exact) mass is 263 g/mol. The predicted molar refractivity (Wildman–Crippen MR) is 73.7 cm³/mol. The van der Waals surface area contributed by atoms with Crippen LogP contribution in [0.5, 0.6) is 0 Å². The molecule has 19 heavy (non-hydrogen) atoms. The third-order valence-corrected chi connectivity index (χ3v) is 4.46. The van der Waals surface area contributed by atoms with Crippen LogP contribution in [0.25, 0.3) is 0 Å². The van der Waals surface area contributed by atoms with Gasteiger partial charge in [0, 0.05) is 12.6 Å². The standard InChI is InChI=1S/C16H22FNO/c1-2-8-18-14-6-9-19-16(11-14)7-5-12-10-13(17)3-4-15(12)16/h3-4,10,14,18H,2,5-9,11H2,1H3. The normalized spacial score (nSPS) is 29.7. The number of nitrogens with one attached hydrogen (secondary N) is 1. The Labute approximate surface area is 114 Å². The number of ether oxygens (including phenoxy) is 1. The number of hydrogen-bond donors (Lipinski definition) is 1. The molecule has 104 valence electrons. The topological polar surface area (TPSA) is 21.3 Å². The highest BCUT2D eigenvalue weighted by molar-refractivity contribution is 5.38. The number of rotatable bonds is 3. The van der Waals surface area contributed by atoms with Crippen LogP contribution in [0, 0.1) is 5.82 Å². The number of halogens is 1. The lowest BCUT2D eigenvalue weighted by atomic mass is 9.85. The van der Waals surface area contributed by atoms with Crippen LogP contribution in [0.2, 0.25) is 0 Å². The molecule has 3 rings (SSSR count). The van der Waals surface area contributed by atoms with Crippen molar-refractivity contribution < 1.29 is 9.13 Å².